The second-order valence-corrected chi connectivity index (χ2v) is 10.5. The van der Waals surface area contributed by atoms with Crippen LogP contribution in [0.15, 0.2) is 70.0 Å². The van der Waals surface area contributed by atoms with Gasteiger partial charge in [0, 0.05) is 29.2 Å². The Morgan fingerprint density at radius 2 is 1.70 bits per heavy atom. The molecule has 3 aromatic rings. The van der Waals surface area contributed by atoms with Crippen molar-refractivity contribution in [1.82, 2.24) is 4.31 Å². The lowest BCUT2D eigenvalue weighted by atomic mass is 9.97. The molecule has 1 aliphatic rings. The number of benzene rings is 3. The average molecular weight is 487 g/mol. The zero-order chi connectivity index (χ0) is 21.3. The molecule has 1 fully saturated rings. The number of aryl methyl sites for hydroxylation is 1. The Balaban J connectivity index is 1.43. The summed E-state index contributed by atoms with van der Waals surface area (Å²) in [5.74, 6) is -0.251. The molecule has 0 unspecified atom stereocenters. The molecule has 0 radical (unpaired) electrons. The molecule has 156 valence electrons. The lowest BCUT2D eigenvalue weighted by molar-refractivity contribution is -0.120. The zero-order valence-corrected chi connectivity index (χ0v) is 19.0. The van der Waals surface area contributed by atoms with E-state index in [0.29, 0.717) is 30.8 Å². The molecular weight excluding hydrogens is 464 g/mol. The van der Waals surface area contributed by atoms with Crippen molar-refractivity contribution in [1.29, 1.82) is 0 Å². The standard InChI is InChI=1S/C23H23BrN2O3S/c1-16-14-20(24)7-9-22(16)25-23(27)18-10-12-26(13-11-18)30(28,29)21-8-6-17-4-2-3-5-19(17)15-21/h2-9,14-15,18H,10-13H2,1H3,(H,25,27). The Labute approximate surface area is 185 Å². The largest absolute Gasteiger partial charge is 0.326 e. The van der Waals surface area contributed by atoms with Gasteiger partial charge < -0.3 is 5.32 Å². The fourth-order valence-electron chi connectivity index (χ4n) is 3.84. The first-order chi connectivity index (χ1) is 14.3. The predicted molar refractivity (Wildman–Crippen MR) is 123 cm³/mol. The highest BCUT2D eigenvalue weighted by atomic mass is 79.9. The van der Waals surface area contributed by atoms with Crippen molar-refractivity contribution in [3.8, 4) is 0 Å². The molecule has 1 N–H and O–H groups in total. The highest BCUT2D eigenvalue weighted by molar-refractivity contribution is 9.10. The van der Waals surface area contributed by atoms with E-state index in [1.54, 1.807) is 12.1 Å². The number of carbonyl (C=O) groups is 1. The molecule has 0 saturated carbocycles. The molecule has 1 aliphatic heterocycles. The Hall–Kier alpha value is -2.22. The van der Waals surface area contributed by atoms with Crippen LogP contribution in [0.5, 0.6) is 0 Å². The van der Waals surface area contributed by atoms with Crippen molar-refractivity contribution in [2.75, 3.05) is 18.4 Å². The van der Waals surface area contributed by atoms with Crippen molar-refractivity contribution in [3.63, 3.8) is 0 Å². The number of amides is 1. The number of hydrogen-bond acceptors (Lipinski definition) is 3. The van der Waals surface area contributed by atoms with Gasteiger partial charge in [0.2, 0.25) is 15.9 Å². The summed E-state index contributed by atoms with van der Waals surface area (Å²) in [6, 6.07) is 18.6. The third kappa shape index (κ3) is 4.29. The van der Waals surface area contributed by atoms with E-state index in [9.17, 15) is 13.2 Å². The van der Waals surface area contributed by atoms with Crippen LogP contribution in [0.25, 0.3) is 10.8 Å². The van der Waals surface area contributed by atoms with Gasteiger partial charge in [0.1, 0.15) is 0 Å². The SMILES string of the molecule is Cc1cc(Br)ccc1NC(=O)C1CCN(S(=O)(=O)c2ccc3ccccc3c2)CC1. The predicted octanol–water partition coefficient (Wildman–Crippen LogP) is 4.95. The Morgan fingerprint density at radius 3 is 2.40 bits per heavy atom. The van der Waals surface area contributed by atoms with Gasteiger partial charge in [0.25, 0.3) is 0 Å². The Morgan fingerprint density at radius 1 is 1.00 bits per heavy atom. The first kappa shape index (κ1) is 21.0. The monoisotopic (exact) mass is 486 g/mol. The summed E-state index contributed by atoms with van der Waals surface area (Å²) in [5, 5.41) is 4.89. The van der Waals surface area contributed by atoms with E-state index in [-0.39, 0.29) is 11.8 Å². The highest BCUT2D eigenvalue weighted by Gasteiger charge is 2.32. The Bertz CT molecular complexity index is 1200. The number of fused-ring (bicyclic) bond motifs is 1. The minimum absolute atomic E-state index is 0.0526. The maximum Gasteiger partial charge on any atom is 0.243 e. The number of nitrogens with zero attached hydrogens (tertiary/aromatic N) is 1. The van der Waals surface area contributed by atoms with Crippen molar-refractivity contribution in [2.45, 2.75) is 24.7 Å². The summed E-state index contributed by atoms with van der Waals surface area (Å²) in [7, 11) is -3.58. The van der Waals surface area contributed by atoms with E-state index >= 15 is 0 Å². The molecule has 0 spiro atoms. The lowest BCUT2D eigenvalue weighted by Gasteiger charge is -2.30. The number of carbonyl (C=O) groups excluding carboxylic acids is 1. The van der Waals surface area contributed by atoms with Crippen LogP contribution < -0.4 is 5.32 Å². The van der Waals surface area contributed by atoms with Crippen LogP contribution in [0.1, 0.15) is 18.4 Å². The van der Waals surface area contributed by atoms with Crippen LogP contribution in [0.4, 0.5) is 5.69 Å². The van der Waals surface area contributed by atoms with Crippen LogP contribution in [-0.2, 0) is 14.8 Å². The normalized spacial score (nSPS) is 15.9. The highest BCUT2D eigenvalue weighted by Crippen LogP contribution is 2.27. The number of piperidine rings is 1. The van der Waals surface area contributed by atoms with Crippen LogP contribution in [0, 0.1) is 12.8 Å². The smallest absolute Gasteiger partial charge is 0.243 e. The maximum atomic E-state index is 13.1. The van der Waals surface area contributed by atoms with Gasteiger partial charge in [-0.05, 0) is 66.4 Å². The minimum atomic E-state index is -3.58. The van der Waals surface area contributed by atoms with Gasteiger partial charge in [-0.2, -0.15) is 4.31 Å². The molecule has 0 aromatic heterocycles. The van der Waals surface area contributed by atoms with Gasteiger partial charge in [-0.3, -0.25) is 4.79 Å². The third-order valence-corrected chi connectivity index (χ3v) is 8.02. The van der Waals surface area contributed by atoms with Crippen LogP contribution in [0.3, 0.4) is 0 Å². The van der Waals surface area contributed by atoms with Crippen molar-refractivity contribution in [2.24, 2.45) is 5.92 Å². The molecule has 3 aromatic carbocycles. The van der Waals surface area contributed by atoms with Gasteiger partial charge >= 0.3 is 0 Å². The maximum absolute atomic E-state index is 13.1. The first-order valence-corrected chi connectivity index (χ1v) is 12.1. The average Bonchev–Trinajstić information content (AvgIpc) is 2.75. The zero-order valence-electron chi connectivity index (χ0n) is 16.6. The van der Waals surface area contributed by atoms with Crippen molar-refractivity contribution >= 4 is 48.3 Å². The van der Waals surface area contributed by atoms with Gasteiger partial charge in [0.05, 0.1) is 4.90 Å². The summed E-state index contributed by atoms with van der Waals surface area (Å²) >= 11 is 3.42. The topological polar surface area (TPSA) is 66.5 Å². The Kier molecular flexibility index (Phi) is 5.95. The fourth-order valence-corrected chi connectivity index (χ4v) is 5.82. The molecule has 1 amide bonds. The molecule has 7 heteroatoms. The number of hydrogen-bond donors (Lipinski definition) is 1. The van der Waals surface area contributed by atoms with Crippen molar-refractivity contribution < 1.29 is 13.2 Å². The summed E-state index contributed by atoms with van der Waals surface area (Å²) < 4.78 is 28.6. The van der Waals surface area contributed by atoms with E-state index in [2.05, 4.69) is 21.2 Å². The first-order valence-electron chi connectivity index (χ1n) is 9.90. The van der Waals surface area contributed by atoms with Gasteiger partial charge in [-0.1, -0.05) is 46.3 Å². The number of rotatable bonds is 4. The number of anilines is 1. The second kappa shape index (κ2) is 8.49. The minimum Gasteiger partial charge on any atom is -0.326 e. The van der Waals surface area contributed by atoms with E-state index < -0.39 is 10.0 Å². The number of halogens is 1. The molecule has 0 aliphatic carbocycles. The summed E-state index contributed by atoms with van der Waals surface area (Å²) in [6.07, 6.45) is 1.02. The summed E-state index contributed by atoms with van der Waals surface area (Å²) in [5.41, 5.74) is 1.77. The number of sulfonamides is 1. The molecule has 4 rings (SSSR count). The molecule has 1 heterocycles. The quantitative estimate of drug-likeness (QED) is 0.567. The lowest BCUT2D eigenvalue weighted by Crippen LogP contribution is -2.41. The van der Waals surface area contributed by atoms with Gasteiger partial charge in [0.15, 0.2) is 0 Å². The van der Waals surface area contributed by atoms with Gasteiger partial charge in [-0.25, -0.2) is 8.42 Å². The third-order valence-electron chi connectivity index (χ3n) is 5.63. The molecule has 0 atom stereocenters. The summed E-state index contributed by atoms with van der Waals surface area (Å²) in [6.45, 7) is 2.62. The molecule has 5 nitrogen and oxygen atoms in total. The molecule has 30 heavy (non-hydrogen) atoms. The molecule has 1 saturated heterocycles. The summed E-state index contributed by atoms with van der Waals surface area (Å²) in [4.78, 5) is 13.0. The van der Waals surface area contributed by atoms with Crippen LogP contribution >= 0.6 is 15.9 Å². The van der Waals surface area contributed by atoms with E-state index in [0.717, 1.165) is 26.5 Å². The second-order valence-electron chi connectivity index (χ2n) is 7.64. The van der Waals surface area contributed by atoms with Crippen molar-refractivity contribution in [3.05, 3.63) is 70.7 Å². The van der Waals surface area contributed by atoms with Crippen LogP contribution in [-0.4, -0.2) is 31.7 Å². The molecular formula is C23H23BrN2O3S. The van der Waals surface area contributed by atoms with Gasteiger partial charge in [-0.15, -0.1) is 0 Å². The molecule has 0 bridgehead atoms. The van der Waals surface area contributed by atoms with Crippen LogP contribution in [0.2, 0.25) is 0 Å². The van der Waals surface area contributed by atoms with E-state index in [1.165, 1.54) is 4.31 Å². The van der Waals surface area contributed by atoms with E-state index in [1.807, 2.05) is 55.5 Å². The van der Waals surface area contributed by atoms with E-state index in [4.69, 9.17) is 0 Å². The number of nitrogens with one attached hydrogen (secondary N) is 1. The fraction of sp³-hybridized carbons (Fsp3) is 0.261.